The Morgan fingerprint density at radius 3 is 2.91 bits per heavy atom. The number of benzene rings is 1. The van der Waals surface area contributed by atoms with Crippen molar-refractivity contribution in [2.45, 2.75) is 26.3 Å². The Balaban J connectivity index is 2.00. The van der Waals surface area contributed by atoms with Crippen molar-refractivity contribution in [1.29, 1.82) is 0 Å². The predicted molar refractivity (Wildman–Crippen MR) is 88.7 cm³/mol. The van der Waals surface area contributed by atoms with Crippen LogP contribution in [0, 0.1) is 12.8 Å². The number of hydrogen-bond acceptors (Lipinski definition) is 3. The van der Waals surface area contributed by atoms with Crippen LogP contribution >= 0.6 is 15.9 Å². The highest BCUT2D eigenvalue weighted by molar-refractivity contribution is 9.10. The van der Waals surface area contributed by atoms with E-state index in [1.54, 1.807) is 12.0 Å². The summed E-state index contributed by atoms with van der Waals surface area (Å²) in [6, 6.07) is 5.68. The molecule has 22 heavy (non-hydrogen) atoms. The molecule has 5 nitrogen and oxygen atoms in total. The molecule has 1 N–H and O–H groups in total. The van der Waals surface area contributed by atoms with E-state index in [2.05, 4.69) is 21.2 Å². The van der Waals surface area contributed by atoms with E-state index < -0.39 is 0 Å². The standard InChI is InChI=1S/C16H21BrN2O3/c1-10-6-13(17)4-5-14(10)18-16(21)12-7-15(20)19(8-12)11(2)9-22-3/h4-6,11-12H,7-9H2,1-3H3,(H,18,21)/t11-,12+/m1/s1. The number of carbonyl (C=O) groups is 2. The van der Waals surface area contributed by atoms with E-state index >= 15 is 0 Å². The number of methoxy groups -OCH3 is 1. The van der Waals surface area contributed by atoms with Gasteiger partial charge in [0.05, 0.1) is 18.6 Å². The van der Waals surface area contributed by atoms with Gasteiger partial charge in [-0.25, -0.2) is 0 Å². The molecule has 1 aliphatic heterocycles. The summed E-state index contributed by atoms with van der Waals surface area (Å²) in [5, 5.41) is 2.92. The Labute approximate surface area is 139 Å². The minimum absolute atomic E-state index is 0.00952. The van der Waals surface area contributed by atoms with Crippen molar-refractivity contribution in [3.63, 3.8) is 0 Å². The number of hydrogen-bond donors (Lipinski definition) is 1. The maximum Gasteiger partial charge on any atom is 0.229 e. The van der Waals surface area contributed by atoms with Gasteiger partial charge in [-0.15, -0.1) is 0 Å². The highest BCUT2D eigenvalue weighted by atomic mass is 79.9. The van der Waals surface area contributed by atoms with Crippen molar-refractivity contribution in [2.24, 2.45) is 5.92 Å². The summed E-state index contributed by atoms with van der Waals surface area (Å²) in [4.78, 5) is 26.2. The number of rotatable bonds is 5. The second kappa shape index (κ2) is 7.24. The minimum atomic E-state index is -0.310. The van der Waals surface area contributed by atoms with Crippen molar-refractivity contribution >= 4 is 33.4 Å². The van der Waals surface area contributed by atoms with Crippen molar-refractivity contribution in [3.8, 4) is 0 Å². The maximum absolute atomic E-state index is 12.4. The Hall–Kier alpha value is -1.40. The van der Waals surface area contributed by atoms with Crippen LogP contribution in [0.5, 0.6) is 0 Å². The van der Waals surface area contributed by atoms with E-state index in [-0.39, 0.29) is 30.2 Å². The summed E-state index contributed by atoms with van der Waals surface area (Å²) in [7, 11) is 1.61. The average molecular weight is 369 g/mol. The fraction of sp³-hybridized carbons (Fsp3) is 0.500. The van der Waals surface area contributed by atoms with E-state index in [1.165, 1.54) is 0 Å². The number of ether oxygens (including phenoxy) is 1. The molecule has 2 rings (SSSR count). The van der Waals surface area contributed by atoms with E-state index in [0.29, 0.717) is 13.2 Å². The number of nitrogens with zero attached hydrogens (tertiary/aromatic N) is 1. The molecule has 0 aromatic heterocycles. The molecule has 0 radical (unpaired) electrons. The molecule has 0 spiro atoms. The lowest BCUT2D eigenvalue weighted by Gasteiger charge is -2.24. The number of anilines is 1. The predicted octanol–water partition coefficient (Wildman–Crippen LogP) is 2.58. The zero-order valence-corrected chi connectivity index (χ0v) is 14.6. The first-order valence-corrected chi connectivity index (χ1v) is 8.07. The van der Waals surface area contributed by atoms with E-state index in [4.69, 9.17) is 4.74 Å². The van der Waals surface area contributed by atoms with Crippen LogP contribution in [0.15, 0.2) is 22.7 Å². The van der Waals surface area contributed by atoms with Gasteiger partial charge in [0.25, 0.3) is 0 Å². The van der Waals surface area contributed by atoms with Gasteiger partial charge in [0.15, 0.2) is 0 Å². The fourth-order valence-corrected chi connectivity index (χ4v) is 3.14. The smallest absolute Gasteiger partial charge is 0.229 e. The molecule has 0 saturated carbocycles. The number of carbonyl (C=O) groups excluding carboxylic acids is 2. The first-order chi connectivity index (χ1) is 10.4. The first kappa shape index (κ1) is 17.0. The molecule has 120 valence electrons. The summed E-state index contributed by atoms with van der Waals surface area (Å²) >= 11 is 3.40. The van der Waals surface area contributed by atoms with Crippen LogP contribution in [-0.4, -0.2) is 43.0 Å². The number of nitrogens with one attached hydrogen (secondary N) is 1. The van der Waals surface area contributed by atoms with Gasteiger partial charge in [0, 0.05) is 30.2 Å². The highest BCUT2D eigenvalue weighted by Crippen LogP contribution is 2.24. The Morgan fingerprint density at radius 2 is 2.27 bits per heavy atom. The largest absolute Gasteiger partial charge is 0.383 e. The molecular weight excluding hydrogens is 348 g/mol. The van der Waals surface area contributed by atoms with Crippen LogP contribution in [0.1, 0.15) is 18.9 Å². The molecule has 1 aromatic carbocycles. The van der Waals surface area contributed by atoms with Crippen LogP contribution in [0.3, 0.4) is 0 Å². The summed E-state index contributed by atoms with van der Waals surface area (Å²) in [5.74, 6) is -0.405. The van der Waals surface area contributed by atoms with Crippen molar-refractivity contribution in [1.82, 2.24) is 4.90 Å². The summed E-state index contributed by atoms with van der Waals surface area (Å²) in [6.45, 7) is 4.80. The van der Waals surface area contributed by atoms with Gasteiger partial charge < -0.3 is 15.0 Å². The Bertz CT molecular complexity index is 577. The summed E-state index contributed by atoms with van der Waals surface area (Å²) in [6.07, 6.45) is 0.259. The maximum atomic E-state index is 12.4. The number of halogens is 1. The van der Waals surface area contributed by atoms with Crippen molar-refractivity contribution < 1.29 is 14.3 Å². The van der Waals surface area contributed by atoms with Gasteiger partial charge >= 0.3 is 0 Å². The molecule has 1 fully saturated rings. The van der Waals surface area contributed by atoms with E-state index in [9.17, 15) is 9.59 Å². The molecule has 1 saturated heterocycles. The molecule has 1 aliphatic rings. The van der Waals surface area contributed by atoms with Gasteiger partial charge in [-0.1, -0.05) is 15.9 Å². The van der Waals surface area contributed by atoms with Gasteiger partial charge in [-0.05, 0) is 37.6 Å². The normalized spacial score (nSPS) is 19.4. The molecule has 6 heteroatoms. The topological polar surface area (TPSA) is 58.6 Å². The summed E-state index contributed by atoms with van der Waals surface area (Å²) in [5.41, 5.74) is 1.76. The second-order valence-electron chi connectivity index (χ2n) is 5.70. The molecule has 1 heterocycles. The average Bonchev–Trinajstić information content (AvgIpc) is 2.84. The van der Waals surface area contributed by atoms with Crippen molar-refractivity contribution in [2.75, 3.05) is 25.6 Å². The van der Waals surface area contributed by atoms with E-state index in [1.807, 2.05) is 32.0 Å². The minimum Gasteiger partial charge on any atom is -0.383 e. The lowest BCUT2D eigenvalue weighted by molar-refractivity contribution is -0.130. The molecule has 2 amide bonds. The lowest BCUT2D eigenvalue weighted by Crippen LogP contribution is -2.38. The highest BCUT2D eigenvalue weighted by Gasteiger charge is 2.36. The quantitative estimate of drug-likeness (QED) is 0.868. The fourth-order valence-electron chi connectivity index (χ4n) is 2.67. The molecule has 2 atom stereocenters. The van der Waals surface area contributed by atoms with Crippen LogP contribution in [-0.2, 0) is 14.3 Å². The first-order valence-electron chi connectivity index (χ1n) is 7.27. The third-order valence-electron chi connectivity index (χ3n) is 3.92. The second-order valence-corrected chi connectivity index (χ2v) is 6.62. The van der Waals surface area contributed by atoms with Gasteiger partial charge in [0.2, 0.25) is 11.8 Å². The molecule has 0 aliphatic carbocycles. The lowest BCUT2D eigenvalue weighted by atomic mass is 10.1. The van der Waals surface area contributed by atoms with Gasteiger partial charge in [-0.2, -0.15) is 0 Å². The molecule has 0 bridgehead atoms. The summed E-state index contributed by atoms with van der Waals surface area (Å²) < 4.78 is 6.05. The van der Waals surface area contributed by atoms with Crippen molar-refractivity contribution in [3.05, 3.63) is 28.2 Å². The monoisotopic (exact) mass is 368 g/mol. The molecular formula is C16H21BrN2O3. The third kappa shape index (κ3) is 3.87. The Morgan fingerprint density at radius 1 is 1.55 bits per heavy atom. The van der Waals surface area contributed by atoms with Gasteiger partial charge in [-0.3, -0.25) is 9.59 Å². The Kier molecular flexibility index (Phi) is 5.58. The third-order valence-corrected chi connectivity index (χ3v) is 4.41. The number of amides is 2. The van der Waals surface area contributed by atoms with Crippen LogP contribution in [0.4, 0.5) is 5.69 Å². The SMILES string of the molecule is COC[C@@H](C)N1C[C@@H](C(=O)Nc2ccc(Br)cc2C)CC1=O. The number of likely N-dealkylation sites (tertiary alicyclic amines) is 1. The number of aryl methyl sites for hydroxylation is 1. The van der Waals surface area contributed by atoms with Crippen LogP contribution in [0.25, 0.3) is 0 Å². The van der Waals surface area contributed by atoms with Crippen LogP contribution < -0.4 is 5.32 Å². The zero-order valence-electron chi connectivity index (χ0n) is 13.1. The van der Waals surface area contributed by atoms with Crippen LogP contribution in [0.2, 0.25) is 0 Å². The zero-order chi connectivity index (χ0) is 16.3. The molecule has 0 unspecified atom stereocenters. The molecule has 1 aromatic rings. The van der Waals surface area contributed by atoms with Gasteiger partial charge in [0.1, 0.15) is 0 Å². The van der Waals surface area contributed by atoms with E-state index in [0.717, 1.165) is 15.7 Å².